The number of H-pyrrole nitrogens is 1. The fourth-order valence-corrected chi connectivity index (χ4v) is 3.43. The van der Waals surface area contributed by atoms with Gasteiger partial charge in [0.1, 0.15) is 5.56 Å². The van der Waals surface area contributed by atoms with Crippen molar-refractivity contribution in [3.63, 3.8) is 0 Å². The van der Waals surface area contributed by atoms with Crippen LogP contribution < -0.4 is 11.3 Å². The van der Waals surface area contributed by atoms with E-state index in [-0.39, 0.29) is 28.9 Å². The number of nitrogens with one attached hydrogen (secondary N) is 1. The molecule has 1 saturated heterocycles. The molecule has 1 aliphatic heterocycles. The minimum Gasteiger partial charge on any atom is -0.370 e. The summed E-state index contributed by atoms with van der Waals surface area (Å²) in [6, 6.07) is 12.9. The maximum absolute atomic E-state index is 12.8. The van der Waals surface area contributed by atoms with Crippen molar-refractivity contribution in [3.8, 4) is 11.3 Å². The van der Waals surface area contributed by atoms with Gasteiger partial charge in [-0.15, -0.1) is 0 Å². The molecule has 1 aliphatic rings. The molecule has 0 radical (unpaired) electrons. The van der Waals surface area contributed by atoms with Gasteiger partial charge in [0, 0.05) is 25.2 Å². The molecule has 0 aliphatic carbocycles. The Kier molecular flexibility index (Phi) is 5.51. The number of nitrogens with two attached hydrogens (primary N) is 1. The molecular weight excluding hydrogens is 330 g/mol. The number of hydrogen-bond donors (Lipinski definition) is 2. The minimum absolute atomic E-state index is 0.153. The molecule has 136 valence electrons. The molecule has 26 heavy (non-hydrogen) atoms. The van der Waals surface area contributed by atoms with E-state index in [1.807, 2.05) is 30.3 Å². The van der Waals surface area contributed by atoms with Gasteiger partial charge in [-0.25, -0.2) is 0 Å². The van der Waals surface area contributed by atoms with Crippen molar-refractivity contribution < 1.29 is 9.59 Å². The van der Waals surface area contributed by atoms with Crippen LogP contribution in [-0.4, -0.2) is 34.8 Å². The van der Waals surface area contributed by atoms with Crippen molar-refractivity contribution >= 4 is 11.8 Å². The Bertz CT molecular complexity index is 845. The van der Waals surface area contributed by atoms with Crippen molar-refractivity contribution in [1.82, 2.24) is 9.88 Å². The van der Waals surface area contributed by atoms with Gasteiger partial charge in [0.15, 0.2) is 0 Å². The van der Waals surface area contributed by atoms with Gasteiger partial charge in [0.05, 0.1) is 0 Å². The van der Waals surface area contributed by atoms with Crippen molar-refractivity contribution in [2.45, 2.75) is 25.7 Å². The molecule has 1 fully saturated rings. The number of rotatable bonds is 5. The van der Waals surface area contributed by atoms with Crippen molar-refractivity contribution in [2.24, 2.45) is 11.7 Å². The van der Waals surface area contributed by atoms with E-state index in [1.165, 1.54) is 0 Å². The summed E-state index contributed by atoms with van der Waals surface area (Å²) in [6.45, 7) is 1.19. The van der Waals surface area contributed by atoms with Crippen LogP contribution in [0.15, 0.2) is 47.3 Å². The first-order valence-electron chi connectivity index (χ1n) is 8.91. The maximum atomic E-state index is 12.8. The number of likely N-dealkylation sites (tertiary alicyclic amines) is 1. The number of pyridine rings is 1. The van der Waals surface area contributed by atoms with Crippen LogP contribution in [0.4, 0.5) is 0 Å². The smallest absolute Gasteiger partial charge is 0.261 e. The monoisotopic (exact) mass is 353 g/mol. The van der Waals surface area contributed by atoms with Crippen LogP contribution in [0.5, 0.6) is 0 Å². The number of aromatic nitrogens is 1. The third-order valence-electron chi connectivity index (χ3n) is 4.83. The number of amides is 2. The van der Waals surface area contributed by atoms with Crippen molar-refractivity contribution in [2.75, 3.05) is 13.1 Å². The average molecular weight is 353 g/mol. The number of hydrogen-bond acceptors (Lipinski definition) is 3. The molecule has 2 heterocycles. The highest BCUT2D eigenvalue weighted by Gasteiger charge is 2.26. The zero-order chi connectivity index (χ0) is 18.5. The first kappa shape index (κ1) is 17.9. The number of primary amides is 1. The highest BCUT2D eigenvalue weighted by atomic mass is 16.2. The molecule has 1 aromatic heterocycles. The van der Waals surface area contributed by atoms with E-state index in [2.05, 4.69) is 4.98 Å². The van der Waals surface area contributed by atoms with Crippen LogP contribution >= 0.6 is 0 Å². The number of aromatic amines is 1. The average Bonchev–Trinajstić information content (AvgIpc) is 2.66. The van der Waals surface area contributed by atoms with Crippen molar-refractivity contribution in [3.05, 3.63) is 58.4 Å². The topological polar surface area (TPSA) is 96.3 Å². The molecule has 2 amide bonds. The third-order valence-corrected chi connectivity index (χ3v) is 4.83. The summed E-state index contributed by atoms with van der Waals surface area (Å²) in [5.74, 6) is -0.320. The molecule has 1 atom stereocenters. The Morgan fingerprint density at radius 3 is 2.62 bits per heavy atom. The summed E-state index contributed by atoms with van der Waals surface area (Å²) < 4.78 is 0. The Hall–Kier alpha value is -2.89. The molecule has 1 aromatic carbocycles. The summed E-state index contributed by atoms with van der Waals surface area (Å²) in [5, 5.41) is 0. The Balaban J connectivity index is 1.73. The van der Waals surface area contributed by atoms with E-state index >= 15 is 0 Å². The van der Waals surface area contributed by atoms with Gasteiger partial charge in [0.25, 0.3) is 11.5 Å². The Labute approximate surface area is 152 Å². The largest absolute Gasteiger partial charge is 0.370 e. The normalized spacial score (nSPS) is 17.1. The predicted octanol–water partition coefficient (Wildman–Crippen LogP) is 2.16. The van der Waals surface area contributed by atoms with E-state index in [9.17, 15) is 14.4 Å². The predicted molar refractivity (Wildman–Crippen MR) is 99.6 cm³/mol. The first-order chi connectivity index (χ1) is 12.5. The fourth-order valence-electron chi connectivity index (χ4n) is 3.43. The molecule has 2 aromatic rings. The van der Waals surface area contributed by atoms with Crippen LogP contribution in [0, 0.1) is 5.92 Å². The molecule has 0 saturated carbocycles. The fraction of sp³-hybridized carbons (Fsp3) is 0.350. The summed E-state index contributed by atoms with van der Waals surface area (Å²) >= 11 is 0. The van der Waals surface area contributed by atoms with E-state index in [0.717, 1.165) is 18.4 Å². The van der Waals surface area contributed by atoms with E-state index < -0.39 is 0 Å². The summed E-state index contributed by atoms with van der Waals surface area (Å²) in [6.07, 6.45) is 2.86. The van der Waals surface area contributed by atoms with E-state index in [4.69, 9.17) is 5.73 Å². The molecular formula is C20H23N3O3. The van der Waals surface area contributed by atoms with Crippen LogP contribution in [0.1, 0.15) is 36.0 Å². The lowest BCUT2D eigenvalue weighted by Gasteiger charge is -2.32. The molecule has 3 N–H and O–H groups in total. The van der Waals surface area contributed by atoms with Gasteiger partial charge < -0.3 is 15.6 Å². The second-order valence-electron chi connectivity index (χ2n) is 6.75. The third kappa shape index (κ3) is 4.20. The zero-order valence-corrected chi connectivity index (χ0v) is 14.6. The van der Waals surface area contributed by atoms with Gasteiger partial charge in [-0.1, -0.05) is 30.3 Å². The standard InChI is InChI=1S/C20H23N3O3/c21-18(24)11-8-14-5-4-12-23(13-14)20(26)16-9-10-17(22-19(16)25)15-6-2-1-3-7-15/h1-3,6-7,9-10,14H,4-5,8,11-13H2,(H2,21,24)(H,22,25). The first-order valence-corrected chi connectivity index (χ1v) is 8.91. The van der Waals surface area contributed by atoms with Crippen LogP contribution in [0.25, 0.3) is 11.3 Å². The van der Waals surface area contributed by atoms with Gasteiger partial charge in [0.2, 0.25) is 5.91 Å². The molecule has 6 nitrogen and oxygen atoms in total. The number of carbonyl (C=O) groups excluding carboxylic acids is 2. The van der Waals surface area contributed by atoms with Crippen molar-refractivity contribution in [1.29, 1.82) is 0 Å². The second kappa shape index (κ2) is 7.99. The number of carbonyl (C=O) groups is 2. The van der Waals surface area contributed by atoms with E-state index in [1.54, 1.807) is 17.0 Å². The number of piperidine rings is 1. The van der Waals surface area contributed by atoms with Crippen LogP contribution in [-0.2, 0) is 4.79 Å². The minimum atomic E-state index is -0.379. The highest BCUT2D eigenvalue weighted by Crippen LogP contribution is 2.22. The quantitative estimate of drug-likeness (QED) is 0.862. The Morgan fingerprint density at radius 1 is 1.15 bits per heavy atom. The van der Waals surface area contributed by atoms with Gasteiger partial charge in [-0.3, -0.25) is 14.4 Å². The lowest BCUT2D eigenvalue weighted by Crippen LogP contribution is -2.42. The van der Waals surface area contributed by atoms with Crippen LogP contribution in [0.2, 0.25) is 0 Å². The van der Waals surface area contributed by atoms with Gasteiger partial charge in [-0.2, -0.15) is 0 Å². The van der Waals surface area contributed by atoms with Gasteiger partial charge >= 0.3 is 0 Å². The highest BCUT2D eigenvalue weighted by molar-refractivity contribution is 5.94. The SMILES string of the molecule is NC(=O)CCC1CCCN(C(=O)c2ccc(-c3ccccc3)[nH]c2=O)C1. The summed E-state index contributed by atoms with van der Waals surface area (Å²) in [4.78, 5) is 40.7. The lowest BCUT2D eigenvalue weighted by molar-refractivity contribution is -0.118. The molecule has 0 bridgehead atoms. The number of nitrogens with zero attached hydrogens (tertiary/aromatic N) is 1. The summed E-state index contributed by atoms with van der Waals surface area (Å²) in [5.41, 5.74) is 6.57. The molecule has 1 unspecified atom stereocenters. The molecule has 6 heteroatoms. The number of benzene rings is 1. The molecule has 3 rings (SSSR count). The van der Waals surface area contributed by atoms with Crippen LogP contribution in [0.3, 0.4) is 0 Å². The Morgan fingerprint density at radius 2 is 1.92 bits per heavy atom. The zero-order valence-electron chi connectivity index (χ0n) is 14.6. The second-order valence-corrected chi connectivity index (χ2v) is 6.75. The molecule has 0 spiro atoms. The maximum Gasteiger partial charge on any atom is 0.261 e. The van der Waals surface area contributed by atoms with E-state index in [0.29, 0.717) is 31.6 Å². The van der Waals surface area contributed by atoms with Gasteiger partial charge in [-0.05, 0) is 42.9 Å². The summed E-state index contributed by atoms with van der Waals surface area (Å²) in [7, 11) is 0. The lowest BCUT2D eigenvalue weighted by atomic mass is 9.93.